The number of esters is 1. The fourth-order valence-electron chi connectivity index (χ4n) is 3.63. The molecular formula is C21H27FN4O5S. The molecule has 0 saturated carbocycles. The Morgan fingerprint density at radius 3 is 2.41 bits per heavy atom. The summed E-state index contributed by atoms with van der Waals surface area (Å²) in [5, 5.41) is 2.83. The molecule has 1 saturated heterocycles. The Morgan fingerprint density at radius 2 is 1.88 bits per heavy atom. The van der Waals surface area contributed by atoms with E-state index >= 15 is 0 Å². The van der Waals surface area contributed by atoms with Gasteiger partial charge in [0, 0.05) is 32.3 Å². The number of halogens is 1. The quantitative estimate of drug-likeness (QED) is 0.622. The van der Waals surface area contributed by atoms with Crippen LogP contribution >= 0.6 is 0 Å². The van der Waals surface area contributed by atoms with Gasteiger partial charge in [-0.15, -0.1) is 0 Å². The molecule has 1 aromatic heterocycles. The molecule has 1 aliphatic rings. The van der Waals surface area contributed by atoms with E-state index in [1.54, 1.807) is 18.5 Å². The first-order valence-electron chi connectivity index (χ1n) is 10.2. The van der Waals surface area contributed by atoms with Gasteiger partial charge < -0.3 is 14.6 Å². The minimum absolute atomic E-state index is 0.00477. The maximum absolute atomic E-state index is 13.3. The Hall–Kier alpha value is -2.79. The van der Waals surface area contributed by atoms with E-state index in [4.69, 9.17) is 4.74 Å². The second kappa shape index (κ2) is 9.78. The number of hydrogen-bond acceptors (Lipinski definition) is 6. The monoisotopic (exact) mass is 466 g/mol. The summed E-state index contributed by atoms with van der Waals surface area (Å²) < 4.78 is 46.6. The summed E-state index contributed by atoms with van der Waals surface area (Å²) in [6.45, 7) is 2.10. The molecule has 32 heavy (non-hydrogen) atoms. The Bertz CT molecular complexity index is 1060. The van der Waals surface area contributed by atoms with Gasteiger partial charge in [-0.2, -0.15) is 4.31 Å². The van der Waals surface area contributed by atoms with Crippen LogP contribution in [-0.2, 0) is 31.4 Å². The Labute approximate surface area is 186 Å². The standard InChI is InChI=1S/C21H27FN4O5S/c1-14-23-19(13-25(14)2)32(29,30)26-10-8-16(9-11-26)21(28)24-18(12-20(27)31-3)15-4-6-17(22)7-5-15/h4-7,13,16,18H,8-12H2,1-3H3,(H,24,28). The summed E-state index contributed by atoms with van der Waals surface area (Å²) in [4.78, 5) is 28.8. The predicted molar refractivity (Wildman–Crippen MR) is 113 cm³/mol. The van der Waals surface area contributed by atoms with Crippen molar-refractivity contribution in [2.24, 2.45) is 13.0 Å². The van der Waals surface area contributed by atoms with E-state index in [0.717, 1.165) is 0 Å². The first-order valence-corrected chi connectivity index (χ1v) is 11.7. The Balaban J connectivity index is 1.65. The lowest BCUT2D eigenvalue weighted by molar-refractivity contribution is -0.141. The van der Waals surface area contributed by atoms with Crippen molar-refractivity contribution >= 4 is 21.9 Å². The molecule has 1 aromatic carbocycles. The number of sulfonamides is 1. The highest BCUT2D eigenvalue weighted by molar-refractivity contribution is 7.89. The molecule has 2 aromatic rings. The van der Waals surface area contributed by atoms with Gasteiger partial charge in [0.2, 0.25) is 5.91 Å². The van der Waals surface area contributed by atoms with Crippen LogP contribution in [0.5, 0.6) is 0 Å². The molecule has 0 bridgehead atoms. The van der Waals surface area contributed by atoms with E-state index in [-0.39, 0.29) is 30.4 Å². The molecule has 1 fully saturated rings. The van der Waals surface area contributed by atoms with Crippen LogP contribution in [0.1, 0.15) is 36.7 Å². The fourth-order valence-corrected chi connectivity index (χ4v) is 5.12. The van der Waals surface area contributed by atoms with Crippen LogP contribution in [0.2, 0.25) is 0 Å². The molecular weight excluding hydrogens is 439 g/mol. The van der Waals surface area contributed by atoms with Crippen LogP contribution in [0.3, 0.4) is 0 Å². The number of aryl methyl sites for hydroxylation is 2. The van der Waals surface area contributed by atoms with Gasteiger partial charge in [-0.25, -0.2) is 17.8 Å². The number of nitrogens with one attached hydrogen (secondary N) is 1. The lowest BCUT2D eigenvalue weighted by Crippen LogP contribution is -2.44. The first kappa shape index (κ1) is 23.9. The third kappa shape index (κ3) is 5.33. The average Bonchev–Trinajstić information content (AvgIpc) is 3.12. The zero-order valence-corrected chi connectivity index (χ0v) is 19.1. The number of hydrogen-bond donors (Lipinski definition) is 1. The van der Waals surface area contributed by atoms with Crippen molar-refractivity contribution in [1.29, 1.82) is 0 Å². The van der Waals surface area contributed by atoms with Crippen LogP contribution in [-0.4, -0.2) is 54.3 Å². The normalized spacial score (nSPS) is 16.5. The smallest absolute Gasteiger partial charge is 0.307 e. The van der Waals surface area contributed by atoms with Gasteiger partial charge in [-0.05, 0) is 37.5 Å². The van der Waals surface area contributed by atoms with Crippen molar-refractivity contribution in [2.75, 3.05) is 20.2 Å². The zero-order chi connectivity index (χ0) is 23.5. The van der Waals surface area contributed by atoms with Crippen LogP contribution < -0.4 is 5.32 Å². The largest absolute Gasteiger partial charge is 0.469 e. The molecule has 1 unspecified atom stereocenters. The van der Waals surface area contributed by atoms with Gasteiger partial charge in [-0.1, -0.05) is 12.1 Å². The topological polar surface area (TPSA) is 111 Å². The molecule has 174 valence electrons. The summed E-state index contributed by atoms with van der Waals surface area (Å²) >= 11 is 0. The number of amides is 1. The molecule has 0 radical (unpaired) electrons. The lowest BCUT2D eigenvalue weighted by atomic mass is 9.95. The fraction of sp³-hybridized carbons (Fsp3) is 0.476. The van der Waals surface area contributed by atoms with Crippen molar-refractivity contribution in [3.05, 3.63) is 47.7 Å². The molecule has 0 spiro atoms. The van der Waals surface area contributed by atoms with Crippen LogP contribution in [0, 0.1) is 18.7 Å². The maximum atomic E-state index is 13.3. The number of carbonyl (C=O) groups is 2. The summed E-state index contributed by atoms with van der Waals surface area (Å²) in [7, 11) is -0.748. The van der Waals surface area contributed by atoms with Crippen molar-refractivity contribution < 1.29 is 27.1 Å². The number of rotatable bonds is 7. The molecule has 3 rings (SSSR count). The SMILES string of the molecule is COC(=O)CC(NC(=O)C1CCN(S(=O)(=O)c2cn(C)c(C)n2)CC1)c1ccc(F)cc1. The molecule has 1 amide bonds. The highest BCUT2D eigenvalue weighted by Crippen LogP contribution is 2.25. The summed E-state index contributed by atoms with van der Waals surface area (Å²) in [5.41, 5.74) is 0.579. The van der Waals surface area contributed by atoms with E-state index in [1.165, 1.54) is 41.9 Å². The molecule has 11 heteroatoms. The van der Waals surface area contributed by atoms with E-state index < -0.39 is 33.8 Å². The average molecular weight is 467 g/mol. The molecule has 1 aliphatic heterocycles. The highest BCUT2D eigenvalue weighted by atomic mass is 32.2. The third-order valence-corrected chi connectivity index (χ3v) is 7.47. The van der Waals surface area contributed by atoms with Crippen LogP contribution in [0.15, 0.2) is 35.5 Å². The van der Waals surface area contributed by atoms with Crippen molar-refractivity contribution in [1.82, 2.24) is 19.2 Å². The highest BCUT2D eigenvalue weighted by Gasteiger charge is 2.34. The predicted octanol–water partition coefficient (Wildman–Crippen LogP) is 1.69. The van der Waals surface area contributed by atoms with Gasteiger partial charge in [-0.3, -0.25) is 9.59 Å². The summed E-state index contributed by atoms with van der Waals surface area (Å²) in [6.07, 6.45) is 2.06. The van der Waals surface area contributed by atoms with E-state index in [9.17, 15) is 22.4 Å². The maximum Gasteiger partial charge on any atom is 0.307 e. The summed E-state index contributed by atoms with van der Waals surface area (Å²) in [6, 6.07) is 4.86. The Kier molecular flexibility index (Phi) is 7.29. The van der Waals surface area contributed by atoms with Crippen LogP contribution in [0.25, 0.3) is 0 Å². The van der Waals surface area contributed by atoms with Gasteiger partial charge in [0.25, 0.3) is 10.0 Å². The number of aromatic nitrogens is 2. The van der Waals surface area contributed by atoms with Gasteiger partial charge in [0.05, 0.1) is 19.6 Å². The van der Waals surface area contributed by atoms with Gasteiger partial charge >= 0.3 is 5.97 Å². The second-order valence-corrected chi connectivity index (χ2v) is 9.69. The number of piperidine rings is 1. The molecule has 1 atom stereocenters. The first-order chi connectivity index (χ1) is 15.1. The van der Waals surface area contributed by atoms with Gasteiger partial charge in [0.15, 0.2) is 5.03 Å². The number of carbonyl (C=O) groups excluding carboxylic acids is 2. The Morgan fingerprint density at radius 1 is 1.25 bits per heavy atom. The molecule has 2 heterocycles. The van der Waals surface area contributed by atoms with Crippen LogP contribution in [0.4, 0.5) is 4.39 Å². The van der Waals surface area contributed by atoms with E-state index in [0.29, 0.717) is 24.2 Å². The van der Waals surface area contributed by atoms with Gasteiger partial charge in [0.1, 0.15) is 11.6 Å². The third-order valence-electron chi connectivity index (χ3n) is 5.70. The van der Waals surface area contributed by atoms with E-state index in [2.05, 4.69) is 10.3 Å². The van der Waals surface area contributed by atoms with Crippen molar-refractivity contribution in [2.45, 2.75) is 37.3 Å². The van der Waals surface area contributed by atoms with E-state index in [1.807, 2.05) is 0 Å². The minimum atomic E-state index is -3.73. The number of methoxy groups -OCH3 is 1. The summed E-state index contributed by atoms with van der Waals surface area (Å²) in [5.74, 6) is -1.03. The van der Waals surface area contributed by atoms with Crippen molar-refractivity contribution in [3.8, 4) is 0 Å². The van der Waals surface area contributed by atoms with Crippen molar-refractivity contribution in [3.63, 3.8) is 0 Å². The number of ether oxygens (including phenoxy) is 1. The number of nitrogens with zero attached hydrogens (tertiary/aromatic N) is 3. The molecule has 1 N–H and O–H groups in total. The minimum Gasteiger partial charge on any atom is -0.469 e. The molecule has 0 aliphatic carbocycles. The lowest BCUT2D eigenvalue weighted by Gasteiger charge is -2.31. The zero-order valence-electron chi connectivity index (χ0n) is 18.2. The number of benzene rings is 1. The number of imidazole rings is 1. The molecule has 9 nitrogen and oxygen atoms in total. The second-order valence-electron chi connectivity index (χ2n) is 7.81.